The Bertz CT molecular complexity index is 5420. The summed E-state index contributed by atoms with van der Waals surface area (Å²) in [7, 11) is 0. The van der Waals surface area contributed by atoms with E-state index in [1.165, 1.54) is 172 Å². The van der Waals surface area contributed by atoms with Crippen LogP contribution in [0.3, 0.4) is 0 Å². The average Bonchev–Trinajstić information content (AvgIpc) is 2.72. The fourth-order valence-electron chi connectivity index (χ4n) is 13.5. The molecule has 0 bridgehead atoms. The first-order valence-corrected chi connectivity index (χ1v) is 29.8. The van der Waals surface area contributed by atoms with Crippen LogP contribution in [0, 0.1) is 0 Å². The molecule has 0 aliphatic heterocycles. The van der Waals surface area contributed by atoms with Gasteiger partial charge in [0.15, 0.2) is 0 Å². The van der Waals surface area contributed by atoms with E-state index in [1.807, 2.05) is 22.7 Å². The molecule has 0 fully saturated rings. The molecule has 0 N–H and O–H groups in total. The van der Waals surface area contributed by atoms with Crippen molar-refractivity contribution in [3.8, 4) is 77.9 Å². The van der Waals surface area contributed by atoms with Gasteiger partial charge in [0.05, 0.1) is 0 Å². The van der Waals surface area contributed by atoms with E-state index in [4.69, 9.17) is 0 Å². The van der Waals surface area contributed by atoms with Crippen LogP contribution in [-0.4, -0.2) is 0 Å². The van der Waals surface area contributed by atoms with E-state index < -0.39 is 0 Å². The van der Waals surface area contributed by atoms with Crippen molar-refractivity contribution >= 4 is 117 Å². The zero-order valence-corrected chi connectivity index (χ0v) is 46.2. The van der Waals surface area contributed by atoms with Gasteiger partial charge >= 0.3 is 0 Å². The monoisotopic (exact) mass is 1070 g/mol. The van der Waals surface area contributed by atoms with Crippen molar-refractivity contribution in [3.63, 3.8) is 0 Å². The highest BCUT2D eigenvalue weighted by Crippen LogP contribution is 2.49. The van der Waals surface area contributed by atoms with E-state index in [2.05, 4.69) is 291 Å². The van der Waals surface area contributed by atoms with Crippen LogP contribution in [0.1, 0.15) is 0 Å². The molecule has 0 amide bonds. The number of fused-ring (bicyclic) bond motifs is 11. The third-order valence-corrected chi connectivity index (χ3v) is 19.5. The lowest BCUT2D eigenvalue weighted by atomic mass is 9.82. The second kappa shape index (κ2) is 18.8. The minimum Gasteiger partial charge on any atom is -0.135 e. The molecule has 0 radical (unpaired) electrons. The Morgan fingerprint density at radius 1 is 0.159 bits per heavy atom. The van der Waals surface area contributed by atoms with Crippen LogP contribution < -0.4 is 0 Å². The molecule has 82 heavy (non-hydrogen) atoms. The van der Waals surface area contributed by atoms with Crippen molar-refractivity contribution in [1.29, 1.82) is 0 Å². The molecule has 0 saturated carbocycles. The van der Waals surface area contributed by atoms with Gasteiger partial charge < -0.3 is 0 Å². The SMILES string of the molecule is c1ccc(-c2c3ccccc3c(-c3ccc(-c4ccc5c(c4)sc4ccccc45)cc3)c3cc(-c4ccc5c(-c6cccc7ccccc67)c6ccccc6c(-c6ccc(-c7ccc8c(c7)sc7ccccc78)cc6)c5c4)ccc23)cc1. The summed E-state index contributed by atoms with van der Waals surface area (Å²) in [5, 5.41) is 17.7. The fraction of sp³-hybridized carbons (Fsp3) is 0. The van der Waals surface area contributed by atoms with Crippen LogP contribution in [0.2, 0.25) is 0 Å². The Balaban J connectivity index is 0.869. The van der Waals surface area contributed by atoms with E-state index >= 15 is 0 Å². The molecule has 0 aliphatic carbocycles. The molecule has 2 heterocycles. The highest BCUT2D eigenvalue weighted by molar-refractivity contribution is 7.26. The van der Waals surface area contributed by atoms with E-state index in [1.54, 1.807) is 0 Å². The van der Waals surface area contributed by atoms with Gasteiger partial charge in [-0.15, -0.1) is 22.7 Å². The maximum Gasteiger partial charge on any atom is 0.0361 e. The van der Waals surface area contributed by atoms with Crippen molar-refractivity contribution in [2.75, 3.05) is 0 Å². The van der Waals surface area contributed by atoms with Crippen molar-refractivity contribution < 1.29 is 0 Å². The summed E-state index contributed by atoms with van der Waals surface area (Å²) >= 11 is 3.75. The van der Waals surface area contributed by atoms with Gasteiger partial charge in [0.25, 0.3) is 0 Å². The van der Waals surface area contributed by atoms with E-state index in [-0.39, 0.29) is 0 Å². The van der Waals surface area contributed by atoms with Gasteiger partial charge in [-0.1, -0.05) is 255 Å². The van der Waals surface area contributed by atoms with Gasteiger partial charge in [-0.2, -0.15) is 0 Å². The molecule has 17 rings (SSSR count). The summed E-state index contributed by atoms with van der Waals surface area (Å²) in [6, 6.07) is 109. The Hall–Kier alpha value is -9.96. The van der Waals surface area contributed by atoms with Crippen LogP contribution in [0.4, 0.5) is 0 Å². The molecule has 0 unspecified atom stereocenters. The van der Waals surface area contributed by atoms with Crippen LogP contribution in [0.25, 0.3) is 172 Å². The highest BCUT2D eigenvalue weighted by atomic mass is 32.1. The van der Waals surface area contributed by atoms with Gasteiger partial charge in [0.2, 0.25) is 0 Å². The van der Waals surface area contributed by atoms with E-state index in [0.29, 0.717) is 0 Å². The lowest BCUT2D eigenvalue weighted by Crippen LogP contribution is -1.93. The first-order valence-electron chi connectivity index (χ1n) is 28.2. The van der Waals surface area contributed by atoms with Gasteiger partial charge in [-0.05, 0) is 168 Å². The molecule has 15 aromatic carbocycles. The molecule has 2 heteroatoms. The summed E-state index contributed by atoms with van der Waals surface area (Å²) in [5.41, 5.74) is 17.1. The average molecular weight is 1070 g/mol. The minimum absolute atomic E-state index is 1.18. The van der Waals surface area contributed by atoms with Crippen LogP contribution in [0.15, 0.2) is 291 Å². The summed E-state index contributed by atoms with van der Waals surface area (Å²) in [6.07, 6.45) is 0. The fourth-order valence-corrected chi connectivity index (χ4v) is 15.7. The number of thiophene rings is 2. The molecule has 0 atom stereocenters. The van der Waals surface area contributed by atoms with Crippen LogP contribution in [0.5, 0.6) is 0 Å². The molecule has 0 aliphatic rings. The molecule has 17 aromatic rings. The van der Waals surface area contributed by atoms with Crippen LogP contribution in [-0.2, 0) is 0 Å². The Morgan fingerprint density at radius 3 is 0.988 bits per heavy atom. The lowest BCUT2D eigenvalue weighted by molar-refractivity contribution is 1.62. The normalized spacial score (nSPS) is 11.9. The summed E-state index contributed by atoms with van der Waals surface area (Å²) in [5.74, 6) is 0. The lowest BCUT2D eigenvalue weighted by Gasteiger charge is -2.21. The molecular weight excluding hydrogens is 1030 g/mol. The van der Waals surface area contributed by atoms with Crippen molar-refractivity contribution in [2.24, 2.45) is 0 Å². The maximum atomic E-state index is 2.48. The van der Waals surface area contributed by atoms with E-state index in [9.17, 15) is 0 Å². The van der Waals surface area contributed by atoms with Crippen molar-refractivity contribution in [3.05, 3.63) is 291 Å². The third-order valence-electron chi connectivity index (χ3n) is 17.3. The Labute approximate surface area is 482 Å². The van der Waals surface area contributed by atoms with Crippen LogP contribution >= 0.6 is 22.7 Å². The third kappa shape index (κ3) is 7.50. The van der Waals surface area contributed by atoms with Gasteiger partial charge in [0.1, 0.15) is 0 Å². The molecule has 0 spiro atoms. The number of hydrogen-bond acceptors (Lipinski definition) is 2. The highest BCUT2D eigenvalue weighted by Gasteiger charge is 2.22. The topological polar surface area (TPSA) is 0 Å². The summed E-state index contributed by atoms with van der Waals surface area (Å²) in [4.78, 5) is 0. The molecular formula is C80H48S2. The predicted molar refractivity (Wildman–Crippen MR) is 358 cm³/mol. The predicted octanol–water partition coefficient (Wildman–Crippen LogP) is 23.9. The summed E-state index contributed by atoms with van der Waals surface area (Å²) in [6.45, 7) is 0. The van der Waals surface area contributed by atoms with Gasteiger partial charge in [-0.3, -0.25) is 0 Å². The second-order valence-electron chi connectivity index (χ2n) is 21.8. The Morgan fingerprint density at radius 2 is 0.476 bits per heavy atom. The van der Waals surface area contributed by atoms with Crippen molar-refractivity contribution in [1.82, 2.24) is 0 Å². The molecule has 2 aromatic heterocycles. The number of benzene rings is 15. The first-order chi connectivity index (χ1) is 40.6. The number of hydrogen-bond donors (Lipinski definition) is 0. The largest absolute Gasteiger partial charge is 0.135 e. The Kier molecular flexibility index (Phi) is 10.8. The quantitative estimate of drug-likeness (QED) is 0.140. The van der Waals surface area contributed by atoms with Gasteiger partial charge in [0, 0.05) is 40.3 Å². The van der Waals surface area contributed by atoms with Gasteiger partial charge in [-0.25, -0.2) is 0 Å². The molecule has 0 saturated heterocycles. The maximum absolute atomic E-state index is 2.48. The zero-order chi connectivity index (χ0) is 53.8. The smallest absolute Gasteiger partial charge is 0.0361 e. The standard InChI is InChI=1S/C80H48S2/c1-2-16-52(17-3-1)77-65-22-6-7-23-66(65)78(53-33-29-49(30-34-53)57-37-41-62-60-20-10-12-27-73(60)81-75(62)47-57)71-45-55(39-43-69(71)77)56-40-44-70-72(46-56)79(67-24-8-9-25-68(67)80(70)64-26-14-18-51-15-4-5-19-59(51)64)54-35-31-50(32-36-54)58-38-42-63-61-21-11-13-28-74(61)82-76(63)48-58/h1-48H. The van der Waals surface area contributed by atoms with E-state index in [0.717, 1.165) is 0 Å². The van der Waals surface area contributed by atoms with Crippen molar-refractivity contribution in [2.45, 2.75) is 0 Å². The summed E-state index contributed by atoms with van der Waals surface area (Å²) < 4.78 is 5.29. The minimum atomic E-state index is 1.18. The zero-order valence-electron chi connectivity index (χ0n) is 44.5. The molecule has 0 nitrogen and oxygen atoms in total. The first kappa shape index (κ1) is 46.9. The molecule has 380 valence electrons. The number of rotatable bonds is 7. The second-order valence-corrected chi connectivity index (χ2v) is 23.9.